The van der Waals surface area contributed by atoms with Crippen molar-refractivity contribution in [1.82, 2.24) is 0 Å². The van der Waals surface area contributed by atoms with Crippen molar-refractivity contribution in [3.8, 4) is 0 Å². The number of hydrogen-bond acceptors (Lipinski definition) is 2. The molecule has 0 atom stereocenters. The van der Waals surface area contributed by atoms with E-state index >= 15 is 0 Å². The Bertz CT molecular complexity index is 704. The van der Waals surface area contributed by atoms with Crippen LogP contribution in [-0.2, 0) is 6.42 Å². The minimum absolute atomic E-state index is 0.242. The van der Waals surface area contributed by atoms with Gasteiger partial charge in [0.05, 0.1) is 0 Å². The van der Waals surface area contributed by atoms with Crippen LogP contribution in [0.2, 0.25) is 0 Å². The van der Waals surface area contributed by atoms with E-state index in [4.69, 9.17) is 11.5 Å². The maximum absolute atomic E-state index is 11.6. The lowest BCUT2D eigenvalue weighted by atomic mass is 9.93. The van der Waals surface area contributed by atoms with E-state index in [9.17, 15) is 9.59 Å². The molecule has 4 nitrogen and oxygen atoms in total. The van der Waals surface area contributed by atoms with Gasteiger partial charge in [0, 0.05) is 11.1 Å². The average Bonchev–Trinajstić information content (AvgIpc) is 2.47. The average molecular weight is 296 g/mol. The first-order chi connectivity index (χ1) is 10.4. The SMILES string of the molecule is CC(C)c1ccc(Cc2ccc(C(N)=O)cc2)cc1C(N)=O. The van der Waals surface area contributed by atoms with Crippen LogP contribution in [0.1, 0.15) is 57.2 Å². The van der Waals surface area contributed by atoms with Crippen molar-refractivity contribution in [2.24, 2.45) is 11.5 Å². The molecule has 2 amide bonds. The van der Waals surface area contributed by atoms with Gasteiger partial charge >= 0.3 is 0 Å². The van der Waals surface area contributed by atoms with Crippen LogP contribution in [0, 0.1) is 0 Å². The molecule has 2 aromatic rings. The summed E-state index contributed by atoms with van der Waals surface area (Å²) in [5.74, 6) is -0.607. The molecule has 0 aliphatic carbocycles. The van der Waals surface area contributed by atoms with E-state index in [1.807, 2.05) is 44.2 Å². The highest BCUT2D eigenvalue weighted by Crippen LogP contribution is 2.22. The Morgan fingerprint density at radius 3 is 2.00 bits per heavy atom. The normalized spacial score (nSPS) is 10.7. The van der Waals surface area contributed by atoms with Gasteiger partial charge in [0.15, 0.2) is 0 Å². The predicted molar refractivity (Wildman–Crippen MR) is 86.8 cm³/mol. The van der Waals surface area contributed by atoms with E-state index in [2.05, 4.69) is 0 Å². The molecule has 2 aromatic carbocycles. The molecule has 0 saturated carbocycles. The summed E-state index contributed by atoms with van der Waals surface area (Å²) in [5, 5.41) is 0. The molecule has 0 aromatic heterocycles. The van der Waals surface area contributed by atoms with E-state index in [0.717, 1.165) is 16.7 Å². The molecular weight excluding hydrogens is 276 g/mol. The Morgan fingerprint density at radius 1 is 0.909 bits per heavy atom. The summed E-state index contributed by atoms with van der Waals surface area (Å²) in [6.07, 6.45) is 0.664. The number of primary amides is 2. The minimum Gasteiger partial charge on any atom is -0.366 e. The molecule has 22 heavy (non-hydrogen) atoms. The molecule has 0 bridgehead atoms. The molecule has 0 radical (unpaired) electrons. The van der Waals surface area contributed by atoms with Gasteiger partial charge in [-0.25, -0.2) is 0 Å². The lowest BCUT2D eigenvalue weighted by Gasteiger charge is -2.12. The van der Waals surface area contributed by atoms with E-state index in [1.165, 1.54) is 0 Å². The van der Waals surface area contributed by atoms with Crippen LogP contribution < -0.4 is 11.5 Å². The second kappa shape index (κ2) is 6.43. The second-order valence-corrected chi connectivity index (χ2v) is 5.68. The summed E-state index contributed by atoms with van der Waals surface area (Å²) < 4.78 is 0. The number of amides is 2. The molecule has 0 unspecified atom stereocenters. The van der Waals surface area contributed by atoms with Gasteiger partial charge in [-0.15, -0.1) is 0 Å². The molecule has 0 spiro atoms. The Morgan fingerprint density at radius 2 is 1.50 bits per heavy atom. The zero-order valence-electron chi connectivity index (χ0n) is 12.8. The Balaban J connectivity index is 2.28. The molecule has 0 aliphatic rings. The Hall–Kier alpha value is -2.62. The van der Waals surface area contributed by atoms with Crippen LogP contribution in [0.25, 0.3) is 0 Å². The lowest BCUT2D eigenvalue weighted by molar-refractivity contribution is 0.0991. The second-order valence-electron chi connectivity index (χ2n) is 5.68. The van der Waals surface area contributed by atoms with Crippen molar-refractivity contribution >= 4 is 11.8 Å². The summed E-state index contributed by atoms with van der Waals surface area (Å²) in [6.45, 7) is 4.06. The van der Waals surface area contributed by atoms with Crippen molar-refractivity contribution < 1.29 is 9.59 Å². The summed E-state index contributed by atoms with van der Waals surface area (Å²) in [4.78, 5) is 22.7. The van der Waals surface area contributed by atoms with Gasteiger partial charge < -0.3 is 11.5 Å². The van der Waals surface area contributed by atoms with Crippen molar-refractivity contribution in [3.63, 3.8) is 0 Å². The maximum atomic E-state index is 11.6. The van der Waals surface area contributed by atoms with Gasteiger partial charge in [-0.05, 0) is 47.2 Å². The zero-order valence-corrected chi connectivity index (χ0v) is 12.8. The first-order valence-electron chi connectivity index (χ1n) is 7.20. The fourth-order valence-electron chi connectivity index (χ4n) is 2.45. The van der Waals surface area contributed by atoms with Crippen LogP contribution in [0.4, 0.5) is 0 Å². The minimum atomic E-state index is -0.441. The van der Waals surface area contributed by atoms with Crippen LogP contribution in [0.15, 0.2) is 42.5 Å². The molecule has 4 N–H and O–H groups in total. The number of hydrogen-bond donors (Lipinski definition) is 2. The van der Waals surface area contributed by atoms with E-state index in [1.54, 1.807) is 12.1 Å². The quantitative estimate of drug-likeness (QED) is 0.888. The fraction of sp³-hybridized carbons (Fsp3) is 0.222. The molecule has 0 fully saturated rings. The summed E-state index contributed by atoms with van der Waals surface area (Å²) >= 11 is 0. The van der Waals surface area contributed by atoms with Crippen LogP contribution >= 0.6 is 0 Å². The van der Waals surface area contributed by atoms with Crippen molar-refractivity contribution in [2.75, 3.05) is 0 Å². The van der Waals surface area contributed by atoms with Gasteiger partial charge in [0.2, 0.25) is 11.8 Å². The number of benzene rings is 2. The van der Waals surface area contributed by atoms with Gasteiger partial charge in [-0.3, -0.25) is 9.59 Å². The van der Waals surface area contributed by atoms with E-state index in [-0.39, 0.29) is 5.92 Å². The first kappa shape index (κ1) is 15.8. The van der Waals surface area contributed by atoms with Crippen molar-refractivity contribution in [3.05, 3.63) is 70.3 Å². The highest BCUT2D eigenvalue weighted by atomic mass is 16.1. The molecule has 0 aliphatic heterocycles. The van der Waals surface area contributed by atoms with Gasteiger partial charge in [0.25, 0.3) is 0 Å². The van der Waals surface area contributed by atoms with Gasteiger partial charge in [0.1, 0.15) is 0 Å². The number of rotatable bonds is 5. The third kappa shape index (κ3) is 3.52. The van der Waals surface area contributed by atoms with Crippen LogP contribution in [0.5, 0.6) is 0 Å². The fourth-order valence-corrected chi connectivity index (χ4v) is 2.45. The van der Waals surface area contributed by atoms with E-state index < -0.39 is 11.8 Å². The standard InChI is InChI=1S/C18H20N2O2/c1-11(2)15-8-5-13(10-16(15)18(20)22)9-12-3-6-14(7-4-12)17(19)21/h3-8,10-11H,9H2,1-2H3,(H2,19,21)(H2,20,22). The van der Waals surface area contributed by atoms with E-state index in [0.29, 0.717) is 17.5 Å². The van der Waals surface area contributed by atoms with Crippen LogP contribution in [0.3, 0.4) is 0 Å². The molecular formula is C18H20N2O2. The summed E-state index contributed by atoms with van der Waals surface area (Å²) in [6, 6.07) is 12.9. The molecule has 0 saturated heterocycles. The Kier molecular flexibility index (Phi) is 4.61. The zero-order chi connectivity index (χ0) is 16.3. The number of nitrogens with two attached hydrogens (primary N) is 2. The van der Waals surface area contributed by atoms with Crippen LogP contribution in [-0.4, -0.2) is 11.8 Å². The number of carbonyl (C=O) groups excluding carboxylic acids is 2. The third-order valence-corrected chi connectivity index (χ3v) is 3.65. The van der Waals surface area contributed by atoms with Crippen molar-refractivity contribution in [2.45, 2.75) is 26.2 Å². The largest absolute Gasteiger partial charge is 0.366 e. The molecule has 2 rings (SSSR count). The third-order valence-electron chi connectivity index (χ3n) is 3.65. The smallest absolute Gasteiger partial charge is 0.248 e. The summed E-state index contributed by atoms with van der Waals surface area (Å²) in [7, 11) is 0. The molecule has 114 valence electrons. The monoisotopic (exact) mass is 296 g/mol. The van der Waals surface area contributed by atoms with Gasteiger partial charge in [-0.2, -0.15) is 0 Å². The Labute approximate surface area is 130 Å². The first-order valence-corrected chi connectivity index (χ1v) is 7.20. The topological polar surface area (TPSA) is 86.2 Å². The number of carbonyl (C=O) groups is 2. The van der Waals surface area contributed by atoms with Crippen molar-refractivity contribution in [1.29, 1.82) is 0 Å². The molecule has 0 heterocycles. The predicted octanol–water partition coefficient (Wildman–Crippen LogP) is 2.60. The molecule has 4 heteroatoms. The highest BCUT2D eigenvalue weighted by molar-refractivity contribution is 5.94. The lowest BCUT2D eigenvalue weighted by Crippen LogP contribution is -2.15. The maximum Gasteiger partial charge on any atom is 0.248 e. The highest BCUT2D eigenvalue weighted by Gasteiger charge is 2.12. The summed E-state index contributed by atoms with van der Waals surface area (Å²) in [5.41, 5.74) is 14.8. The van der Waals surface area contributed by atoms with Gasteiger partial charge in [-0.1, -0.05) is 38.1 Å².